The van der Waals surface area contributed by atoms with Gasteiger partial charge in [-0.3, -0.25) is 4.79 Å². The van der Waals surface area contributed by atoms with Crippen LogP contribution in [0.5, 0.6) is 0 Å². The molecule has 1 fully saturated rings. The molecule has 0 aliphatic carbocycles. The van der Waals surface area contributed by atoms with Crippen LogP contribution in [0.25, 0.3) is 0 Å². The van der Waals surface area contributed by atoms with Crippen molar-refractivity contribution in [2.24, 2.45) is 0 Å². The zero-order chi connectivity index (χ0) is 17.8. The van der Waals surface area contributed by atoms with Gasteiger partial charge in [-0.05, 0) is 20.0 Å². The lowest BCUT2D eigenvalue weighted by Gasteiger charge is -2.32. The Morgan fingerprint density at radius 3 is 2.64 bits per heavy atom. The molecule has 1 aromatic carbocycles. The van der Waals surface area contributed by atoms with Crippen molar-refractivity contribution in [3.63, 3.8) is 0 Å². The van der Waals surface area contributed by atoms with Crippen molar-refractivity contribution < 1.29 is 9.18 Å². The largest absolute Gasteiger partial charge is 0.348 e. The molecule has 0 radical (unpaired) electrons. The third-order valence-electron chi connectivity index (χ3n) is 4.39. The molecule has 2 aromatic rings. The van der Waals surface area contributed by atoms with Crippen molar-refractivity contribution >= 4 is 11.9 Å². The van der Waals surface area contributed by atoms with Crippen molar-refractivity contribution in [1.82, 2.24) is 20.2 Å². The van der Waals surface area contributed by atoms with E-state index in [1.54, 1.807) is 31.3 Å². The number of piperazine rings is 1. The molecule has 7 heteroatoms. The first kappa shape index (κ1) is 17.3. The van der Waals surface area contributed by atoms with Crippen molar-refractivity contribution in [3.8, 4) is 0 Å². The van der Waals surface area contributed by atoms with Gasteiger partial charge in [0.25, 0.3) is 5.91 Å². The number of hydrogen-bond acceptors (Lipinski definition) is 5. The van der Waals surface area contributed by atoms with Crippen LogP contribution < -0.4 is 10.2 Å². The number of halogens is 1. The fourth-order valence-corrected chi connectivity index (χ4v) is 2.75. The van der Waals surface area contributed by atoms with Gasteiger partial charge in [-0.1, -0.05) is 18.2 Å². The summed E-state index contributed by atoms with van der Waals surface area (Å²) in [5.74, 6) is 0.0168. The summed E-state index contributed by atoms with van der Waals surface area (Å²) in [7, 11) is 2.09. The lowest BCUT2D eigenvalue weighted by Crippen LogP contribution is -2.45. The van der Waals surface area contributed by atoms with Crippen LogP contribution in [0.1, 0.15) is 21.6 Å². The zero-order valence-corrected chi connectivity index (χ0v) is 14.5. The normalized spacial score (nSPS) is 15.2. The molecule has 25 heavy (non-hydrogen) atoms. The number of benzene rings is 1. The summed E-state index contributed by atoms with van der Waals surface area (Å²) < 4.78 is 13.6. The van der Waals surface area contributed by atoms with Crippen molar-refractivity contribution in [3.05, 3.63) is 53.1 Å². The number of nitrogens with one attached hydrogen (secondary N) is 1. The van der Waals surface area contributed by atoms with Crippen molar-refractivity contribution in [1.29, 1.82) is 0 Å². The molecule has 2 heterocycles. The fourth-order valence-electron chi connectivity index (χ4n) is 2.75. The first-order valence-corrected chi connectivity index (χ1v) is 8.33. The highest BCUT2D eigenvalue weighted by Gasteiger charge is 2.18. The number of anilines is 1. The number of hydrogen-bond donors (Lipinski definition) is 1. The third kappa shape index (κ3) is 4.11. The van der Waals surface area contributed by atoms with Gasteiger partial charge >= 0.3 is 0 Å². The molecule has 132 valence electrons. The lowest BCUT2D eigenvalue weighted by atomic mass is 10.2. The molecule has 1 amide bonds. The van der Waals surface area contributed by atoms with E-state index < -0.39 is 0 Å². The Balaban J connectivity index is 1.66. The van der Waals surface area contributed by atoms with E-state index in [9.17, 15) is 9.18 Å². The molecule has 3 rings (SSSR count). The average molecular weight is 343 g/mol. The fraction of sp³-hybridized carbons (Fsp3) is 0.389. The molecular weight excluding hydrogens is 321 g/mol. The Kier molecular flexibility index (Phi) is 5.23. The number of amides is 1. The molecular formula is C18H22FN5O. The van der Waals surface area contributed by atoms with Gasteiger partial charge in [-0.25, -0.2) is 14.4 Å². The molecule has 0 spiro atoms. The molecule has 6 nitrogen and oxygen atoms in total. The van der Waals surface area contributed by atoms with E-state index in [1.165, 1.54) is 6.07 Å². The smallest absolute Gasteiger partial charge is 0.254 e. The number of carbonyl (C=O) groups is 1. The molecule has 1 aliphatic heterocycles. The van der Waals surface area contributed by atoms with Gasteiger partial charge in [0, 0.05) is 44.5 Å². The van der Waals surface area contributed by atoms with Crippen LogP contribution in [0.15, 0.2) is 30.5 Å². The van der Waals surface area contributed by atoms with Crippen molar-refractivity contribution in [2.45, 2.75) is 13.5 Å². The Labute approximate surface area is 146 Å². The second-order valence-electron chi connectivity index (χ2n) is 6.23. The molecule has 0 atom stereocenters. The summed E-state index contributed by atoms with van der Waals surface area (Å²) in [6, 6.07) is 6.38. The second kappa shape index (κ2) is 7.57. The van der Waals surface area contributed by atoms with Gasteiger partial charge in [-0.15, -0.1) is 0 Å². The first-order chi connectivity index (χ1) is 12.0. The van der Waals surface area contributed by atoms with Gasteiger partial charge in [0.05, 0.1) is 11.3 Å². The van der Waals surface area contributed by atoms with E-state index in [0.717, 1.165) is 26.2 Å². The minimum absolute atomic E-state index is 0.130. The van der Waals surface area contributed by atoms with Crippen molar-refractivity contribution in [2.75, 3.05) is 38.1 Å². The third-order valence-corrected chi connectivity index (χ3v) is 4.39. The van der Waals surface area contributed by atoms with Gasteiger partial charge in [-0.2, -0.15) is 0 Å². The molecule has 1 aromatic heterocycles. The van der Waals surface area contributed by atoms with Crippen LogP contribution in [-0.4, -0.2) is 54.0 Å². The van der Waals surface area contributed by atoms with Crippen LogP contribution in [-0.2, 0) is 6.54 Å². The molecule has 1 saturated heterocycles. The van der Waals surface area contributed by atoms with Crippen LogP contribution in [0, 0.1) is 12.7 Å². The Morgan fingerprint density at radius 1 is 1.24 bits per heavy atom. The highest BCUT2D eigenvalue weighted by atomic mass is 19.1. The van der Waals surface area contributed by atoms with Crippen LogP contribution in [0.2, 0.25) is 0 Å². The number of rotatable bonds is 4. The second-order valence-corrected chi connectivity index (χ2v) is 6.23. The topological polar surface area (TPSA) is 61.4 Å². The summed E-state index contributed by atoms with van der Waals surface area (Å²) in [6.45, 7) is 5.59. The highest BCUT2D eigenvalue weighted by Crippen LogP contribution is 2.14. The summed E-state index contributed by atoms with van der Waals surface area (Å²) in [6.07, 6.45) is 1.55. The molecule has 1 aliphatic rings. The molecule has 0 bridgehead atoms. The van der Waals surface area contributed by atoms with Crippen LogP contribution in [0.4, 0.5) is 10.3 Å². The summed E-state index contributed by atoms with van der Waals surface area (Å²) in [5.41, 5.74) is 1.48. The van der Waals surface area contributed by atoms with Crippen LogP contribution in [0.3, 0.4) is 0 Å². The molecule has 0 unspecified atom stereocenters. The van der Waals surface area contributed by atoms with Crippen LogP contribution >= 0.6 is 0 Å². The number of likely N-dealkylation sites (N-methyl/N-ethyl adjacent to an activating group) is 1. The zero-order valence-electron chi connectivity index (χ0n) is 14.5. The van der Waals surface area contributed by atoms with Gasteiger partial charge in [0.2, 0.25) is 5.95 Å². The van der Waals surface area contributed by atoms with E-state index in [4.69, 9.17) is 0 Å². The van der Waals surface area contributed by atoms with Gasteiger partial charge < -0.3 is 15.1 Å². The van der Waals surface area contributed by atoms with E-state index in [-0.39, 0.29) is 18.3 Å². The highest BCUT2D eigenvalue weighted by molar-refractivity contribution is 5.94. The monoisotopic (exact) mass is 343 g/mol. The first-order valence-electron chi connectivity index (χ1n) is 8.33. The van der Waals surface area contributed by atoms with Gasteiger partial charge in [0.15, 0.2) is 0 Å². The average Bonchev–Trinajstić information content (AvgIpc) is 2.61. The maximum atomic E-state index is 13.6. The predicted molar refractivity (Wildman–Crippen MR) is 94.0 cm³/mol. The number of carbonyl (C=O) groups excluding carboxylic acids is 1. The number of aromatic nitrogens is 2. The maximum Gasteiger partial charge on any atom is 0.254 e. The minimum Gasteiger partial charge on any atom is -0.348 e. The van der Waals surface area contributed by atoms with E-state index in [2.05, 4.69) is 32.1 Å². The summed E-state index contributed by atoms with van der Waals surface area (Å²) in [4.78, 5) is 25.5. The SMILES string of the molecule is Cc1nc(N2CCN(C)CC2)ncc1C(=O)NCc1ccccc1F. The minimum atomic E-state index is -0.332. The maximum absolute atomic E-state index is 13.6. The predicted octanol–water partition coefficient (Wildman–Crippen LogP) is 1.61. The van der Waals surface area contributed by atoms with E-state index in [1.807, 2.05) is 0 Å². The van der Waals surface area contributed by atoms with E-state index >= 15 is 0 Å². The molecule has 1 N–H and O–H groups in total. The standard InChI is InChI=1S/C18H22FN5O/c1-13-15(17(25)20-11-14-5-3-4-6-16(14)19)12-21-18(22-13)24-9-7-23(2)8-10-24/h3-6,12H,7-11H2,1-2H3,(H,20,25). The molecule has 0 saturated carbocycles. The van der Waals surface area contributed by atoms with Gasteiger partial charge in [0.1, 0.15) is 5.82 Å². The Morgan fingerprint density at radius 2 is 1.96 bits per heavy atom. The Hall–Kier alpha value is -2.54. The Bertz CT molecular complexity index is 759. The number of aryl methyl sites for hydroxylation is 1. The lowest BCUT2D eigenvalue weighted by molar-refractivity contribution is 0.0949. The summed E-state index contributed by atoms with van der Waals surface area (Å²) >= 11 is 0. The number of nitrogens with zero attached hydrogens (tertiary/aromatic N) is 4. The van der Waals surface area contributed by atoms with E-state index in [0.29, 0.717) is 22.8 Å². The quantitative estimate of drug-likeness (QED) is 0.914. The summed E-state index contributed by atoms with van der Waals surface area (Å²) in [5, 5.41) is 2.72.